The van der Waals surface area contributed by atoms with Crippen molar-refractivity contribution in [1.82, 2.24) is 4.98 Å². The lowest BCUT2D eigenvalue weighted by Crippen LogP contribution is -2.26. The van der Waals surface area contributed by atoms with Crippen LogP contribution in [-0.4, -0.2) is 16.9 Å². The first kappa shape index (κ1) is 12.6. The second-order valence-corrected chi connectivity index (χ2v) is 3.28. The van der Waals surface area contributed by atoms with Gasteiger partial charge in [-0.2, -0.15) is 0 Å². The van der Waals surface area contributed by atoms with Gasteiger partial charge in [-0.05, 0) is 36.3 Å². The summed E-state index contributed by atoms with van der Waals surface area (Å²) in [6.45, 7) is 1.35. The van der Waals surface area contributed by atoms with Crippen molar-refractivity contribution in [2.24, 2.45) is 0 Å². The Labute approximate surface area is 97.7 Å². The molecule has 0 atom stereocenters. The third-order valence-electron chi connectivity index (χ3n) is 1.97. The first-order chi connectivity index (χ1) is 8.00. The summed E-state index contributed by atoms with van der Waals surface area (Å²) in [5.41, 5.74) is 0.369. The SMILES string of the molecule is CC(=CC(=O)[O-])C(=Cc1cccnc1)C(=O)[O-]. The van der Waals surface area contributed by atoms with Crippen LogP contribution in [0, 0.1) is 0 Å². The topological polar surface area (TPSA) is 93.2 Å². The van der Waals surface area contributed by atoms with E-state index in [1.807, 2.05) is 0 Å². The Morgan fingerprint density at radius 1 is 1.35 bits per heavy atom. The first-order valence-electron chi connectivity index (χ1n) is 4.73. The van der Waals surface area contributed by atoms with Crippen LogP contribution in [0.3, 0.4) is 0 Å². The number of carboxylic acids is 2. The van der Waals surface area contributed by atoms with Gasteiger partial charge in [-0.15, -0.1) is 0 Å². The summed E-state index contributed by atoms with van der Waals surface area (Å²) in [5.74, 6) is -2.91. The number of nitrogens with zero attached hydrogens (tertiary/aromatic N) is 1. The molecular formula is C12H9NO4-2. The Kier molecular flexibility index (Phi) is 4.16. The molecule has 0 saturated heterocycles. The van der Waals surface area contributed by atoms with Crippen molar-refractivity contribution in [3.05, 3.63) is 47.3 Å². The van der Waals surface area contributed by atoms with Crippen LogP contribution in [0.2, 0.25) is 0 Å². The number of carbonyl (C=O) groups excluding carboxylic acids is 2. The van der Waals surface area contributed by atoms with Gasteiger partial charge in [0.25, 0.3) is 0 Å². The largest absolute Gasteiger partial charge is 0.545 e. The highest BCUT2D eigenvalue weighted by molar-refractivity contribution is 5.97. The summed E-state index contributed by atoms with van der Waals surface area (Å²) in [6.07, 6.45) is 4.99. The van der Waals surface area contributed by atoms with E-state index < -0.39 is 11.9 Å². The minimum atomic E-state index is -1.46. The number of aliphatic carboxylic acids is 2. The van der Waals surface area contributed by atoms with Crippen molar-refractivity contribution >= 4 is 18.0 Å². The molecule has 0 fully saturated rings. The second-order valence-electron chi connectivity index (χ2n) is 3.28. The lowest BCUT2D eigenvalue weighted by Gasteiger charge is -2.09. The van der Waals surface area contributed by atoms with Crippen LogP contribution in [0.1, 0.15) is 12.5 Å². The zero-order valence-electron chi connectivity index (χ0n) is 9.04. The fourth-order valence-electron chi connectivity index (χ4n) is 1.22. The highest BCUT2D eigenvalue weighted by Crippen LogP contribution is 2.13. The first-order valence-corrected chi connectivity index (χ1v) is 4.73. The van der Waals surface area contributed by atoms with E-state index in [9.17, 15) is 19.8 Å². The summed E-state index contributed by atoms with van der Waals surface area (Å²) >= 11 is 0. The molecule has 0 radical (unpaired) electrons. The fourth-order valence-corrected chi connectivity index (χ4v) is 1.22. The van der Waals surface area contributed by atoms with E-state index >= 15 is 0 Å². The van der Waals surface area contributed by atoms with Gasteiger partial charge in [-0.3, -0.25) is 4.98 Å². The molecule has 1 aromatic rings. The van der Waals surface area contributed by atoms with Gasteiger partial charge in [0.2, 0.25) is 0 Å². The van der Waals surface area contributed by atoms with E-state index in [0.717, 1.165) is 0 Å². The van der Waals surface area contributed by atoms with Crippen LogP contribution in [0.25, 0.3) is 6.08 Å². The van der Waals surface area contributed by atoms with Crippen molar-refractivity contribution in [3.63, 3.8) is 0 Å². The number of hydrogen-bond donors (Lipinski definition) is 0. The van der Waals surface area contributed by atoms with Gasteiger partial charge in [0.05, 0.1) is 11.9 Å². The lowest BCUT2D eigenvalue weighted by molar-refractivity contribution is -0.298. The molecule has 0 saturated carbocycles. The average Bonchev–Trinajstić information content (AvgIpc) is 2.25. The molecule has 17 heavy (non-hydrogen) atoms. The fraction of sp³-hybridized carbons (Fsp3) is 0.0833. The van der Waals surface area contributed by atoms with Crippen LogP contribution in [0.5, 0.6) is 0 Å². The molecule has 0 aliphatic rings. The molecule has 1 rings (SSSR count). The highest BCUT2D eigenvalue weighted by Gasteiger charge is 2.02. The van der Waals surface area contributed by atoms with E-state index in [1.165, 1.54) is 19.2 Å². The summed E-state index contributed by atoms with van der Waals surface area (Å²) in [7, 11) is 0. The predicted octanol–water partition coefficient (Wildman–Crippen LogP) is -1.09. The van der Waals surface area contributed by atoms with E-state index in [0.29, 0.717) is 11.6 Å². The molecule has 0 unspecified atom stereocenters. The van der Waals surface area contributed by atoms with E-state index in [-0.39, 0.29) is 11.1 Å². The Balaban J connectivity index is 3.15. The van der Waals surface area contributed by atoms with Crippen molar-refractivity contribution in [3.8, 4) is 0 Å². The summed E-state index contributed by atoms with van der Waals surface area (Å²) in [4.78, 5) is 25.0. The number of carbonyl (C=O) groups is 2. The molecule has 5 heteroatoms. The molecule has 88 valence electrons. The highest BCUT2D eigenvalue weighted by atomic mass is 16.4. The number of hydrogen-bond acceptors (Lipinski definition) is 5. The molecule has 0 amide bonds. The van der Waals surface area contributed by atoms with Gasteiger partial charge in [-0.25, -0.2) is 0 Å². The Morgan fingerprint density at radius 3 is 2.53 bits per heavy atom. The van der Waals surface area contributed by atoms with Crippen LogP contribution in [0.4, 0.5) is 0 Å². The standard InChI is InChI=1S/C12H11NO4/c1-8(5-11(14)15)10(12(16)17)6-9-3-2-4-13-7-9/h2-7H,1H3,(H,14,15)(H,16,17)/p-2. The molecule has 5 nitrogen and oxygen atoms in total. The molecule has 0 N–H and O–H groups in total. The molecule has 0 bridgehead atoms. The number of carboxylic acid groups (broad SMARTS) is 2. The van der Waals surface area contributed by atoms with Crippen LogP contribution >= 0.6 is 0 Å². The molecule has 1 heterocycles. The van der Waals surface area contributed by atoms with Gasteiger partial charge in [0.1, 0.15) is 0 Å². The smallest absolute Gasteiger partial charge is 0.0718 e. The van der Waals surface area contributed by atoms with Gasteiger partial charge < -0.3 is 19.8 Å². The summed E-state index contributed by atoms with van der Waals surface area (Å²) in [6, 6.07) is 3.28. The molecule has 0 aliphatic carbocycles. The van der Waals surface area contributed by atoms with Gasteiger partial charge >= 0.3 is 0 Å². The Hall–Kier alpha value is -2.43. The third kappa shape index (κ3) is 3.90. The maximum Gasteiger partial charge on any atom is 0.0718 e. The predicted molar refractivity (Wildman–Crippen MR) is 56.0 cm³/mol. The Bertz CT molecular complexity index is 488. The minimum Gasteiger partial charge on any atom is -0.545 e. The van der Waals surface area contributed by atoms with Crippen LogP contribution in [-0.2, 0) is 9.59 Å². The number of rotatable bonds is 4. The van der Waals surface area contributed by atoms with E-state index in [1.54, 1.807) is 18.3 Å². The normalized spacial score (nSPS) is 12.3. The van der Waals surface area contributed by atoms with Crippen molar-refractivity contribution in [1.29, 1.82) is 0 Å². The lowest BCUT2D eigenvalue weighted by atomic mass is 10.0. The molecular weight excluding hydrogens is 222 g/mol. The van der Waals surface area contributed by atoms with Crippen LogP contribution in [0.15, 0.2) is 41.7 Å². The van der Waals surface area contributed by atoms with Crippen molar-refractivity contribution in [2.75, 3.05) is 0 Å². The van der Waals surface area contributed by atoms with E-state index in [2.05, 4.69) is 4.98 Å². The molecule has 0 aliphatic heterocycles. The quantitative estimate of drug-likeness (QED) is 0.485. The van der Waals surface area contributed by atoms with Crippen molar-refractivity contribution in [2.45, 2.75) is 6.92 Å². The summed E-state index contributed by atoms with van der Waals surface area (Å²) in [5, 5.41) is 21.2. The van der Waals surface area contributed by atoms with Crippen molar-refractivity contribution < 1.29 is 19.8 Å². The minimum absolute atomic E-state index is 0.0499. The van der Waals surface area contributed by atoms with Gasteiger partial charge in [0, 0.05) is 18.0 Å². The molecule has 1 aromatic heterocycles. The number of aromatic nitrogens is 1. The maximum atomic E-state index is 10.9. The number of pyridine rings is 1. The zero-order valence-corrected chi connectivity index (χ0v) is 9.04. The summed E-state index contributed by atoms with van der Waals surface area (Å²) < 4.78 is 0. The average molecular weight is 231 g/mol. The maximum absolute atomic E-state index is 10.9. The van der Waals surface area contributed by atoms with Crippen LogP contribution < -0.4 is 10.2 Å². The van der Waals surface area contributed by atoms with Gasteiger partial charge in [-0.1, -0.05) is 6.07 Å². The monoisotopic (exact) mass is 231 g/mol. The van der Waals surface area contributed by atoms with Gasteiger partial charge in [0.15, 0.2) is 0 Å². The molecule has 0 spiro atoms. The zero-order chi connectivity index (χ0) is 12.8. The second kappa shape index (κ2) is 5.60. The van der Waals surface area contributed by atoms with E-state index in [4.69, 9.17) is 0 Å². The third-order valence-corrected chi connectivity index (χ3v) is 1.97. The molecule has 0 aromatic carbocycles. The Morgan fingerprint density at radius 2 is 2.06 bits per heavy atom.